The number of carbonyl (C=O) groups excluding carboxylic acids is 1. The number of likely N-dealkylation sites (tertiary alicyclic amines) is 1. The summed E-state index contributed by atoms with van der Waals surface area (Å²) in [5, 5.41) is 3.06. The summed E-state index contributed by atoms with van der Waals surface area (Å²) < 4.78 is 38.1. The molecule has 0 aliphatic carbocycles. The van der Waals surface area contributed by atoms with Crippen LogP contribution in [0.4, 0.5) is 4.39 Å². The lowest BCUT2D eigenvalue weighted by molar-refractivity contribution is 0.0782. The van der Waals surface area contributed by atoms with Gasteiger partial charge in [0, 0.05) is 23.8 Å². The molecular weight excluding hydrogens is 375 g/mol. The first-order valence-electron chi connectivity index (χ1n) is 6.87. The third-order valence-corrected chi connectivity index (χ3v) is 5.25. The molecule has 122 valence electrons. The van der Waals surface area contributed by atoms with E-state index in [2.05, 4.69) is 21.2 Å². The Morgan fingerprint density at radius 3 is 2.77 bits per heavy atom. The monoisotopic (exact) mass is 392 g/mol. The highest BCUT2D eigenvalue weighted by atomic mass is 79.9. The lowest BCUT2D eigenvalue weighted by Gasteiger charge is -2.18. The Labute approximate surface area is 137 Å². The Hall–Kier alpha value is -0.990. The molecule has 1 aromatic carbocycles. The van der Waals surface area contributed by atoms with Crippen molar-refractivity contribution in [3.05, 3.63) is 28.0 Å². The van der Waals surface area contributed by atoms with Crippen molar-refractivity contribution >= 4 is 31.7 Å². The fourth-order valence-electron chi connectivity index (χ4n) is 2.63. The first-order chi connectivity index (χ1) is 10.2. The van der Waals surface area contributed by atoms with E-state index < -0.39 is 26.5 Å². The second-order valence-electron chi connectivity index (χ2n) is 5.50. The molecule has 1 aromatic rings. The van der Waals surface area contributed by atoms with Crippen LogP contribution < -0.4 is 5.32 Å². The summed E-state index contributed by atoms with van der Waals surface area (Å²) in [6.07, 6.45) is 1.77. The van der Waals surface area contributed by atoms with Gasteiger partial charge < -0.3 is 10.2 Å². The van der Waals surface area contributed by atoms with E-state index in [4.69, 9.17) is 0 Å². The van der Waals surface area contributed by atoms with Crippen molar-refractivity contribution in [2.75, 3.05) is 32.9 Å². The Balaban J connectivity index is 2.33. The average molecular weight is 393 g/mol. The van der Waals surface area contributed by atoms with Crippen LogP contribution in [0.25, 0.3) is 0 Å². The van der Waals surface area contributed by atoms with Gasteiger partial charge in [0.05, 0.1) is 5.56 Å². The van der Waals surface area contributed by atoms with Gasteiger partial charge >= 0.3 is 0 Å². The Bertz CT molecular complexity index is 694. The Kier molecular flexibility index (Phi) is 5.24. The molecule has 1 heterocycles. The van der Waals surface area contributed by atoms with Crippen molar-refractivity contribution < 1.29 is 17.6 Å². The molecule has 8 heteroatoms. The number of hydrogen-bond donors (Lipinski definition) is 1. The smallest absolute Gasteiger partial charge is 0.256 e. The molecule has 0 saturated carbocycles. The van der Waals surface area contributed by atoms with E-state index in [0.29, 0.717) is 23.5 Å². The fourth-order valence-corrected chi connectivity index (χ4v) is 4.02. The normalized spacial score (nSPS) is 18.7. The van der Waals surface area contributed by atoms with Crippen LogP contribution in [0.2, 0.25) is 0 Å². The van der Waals surface area contributed by atoms with Crippen LogP contribution in [0.15, 0.2) is 21.5 Å². The first-order valence-corrected chi connectivity index (χ1v) is 9.55. The topological polar surface area (TPSA) is 66.5 Å². The summed E-state index contributed by atoms with van der Waals surface area (Å²) in [6.45, 7) is 1.88. The van der Waals surface area contributed by atoms with Gasteiger partial charge in [-0.25, -0.2) is 12.8 Å². The highest BCUT2D eigenvalue weighted by Crippen LogP contribution is 2.27. The number of amides is 1. The molecule has 0 aromatic heterocycles. The summed E-state index contributed by atoms with van der Waals surface area (Å²) in [4.78, 5) is 13.6. The molecule has 5 nitrogen and oxygen atoms in total. The fraction of sp³-hybridized carbons (Fsp3) is 0.500. The summed E-state index contributed by atoms with van der Waals surface area (Å²) in [7, 11) is -1.90. The molecule has 0 radical (unpaired) electrons. The van der Waals surface area contributed by atoms with E-state index in [1.54, 1.807) is 4.90 Å². The minimum absolute atomic E-state index is 0.208. The van der Waals surface area contributed by atoms with Crippen LogP contribution in [0, 0.1) is 11.7 Å². The molecule has 0 spiro atoms. The predicted molar refractivity (Wildman–Crippen MR) is 85.1 cm³/mol. The number of halogens is 2. The van der Waals surface area contributed by atoms with E-state index >= 15 is 0 Å². The lowest BCUT2D eigenvalue weighted by atomic mass is 10.1. The minimum Gasteiger partial charge on any atom is -0.338 e. The molecule has 22 heavy (non-hydrogen) atoms. The van der Waals surface area contributed by atoms with Crippen molar-refractivity contribution in [2.24, 2.45) is 5.92 Å². The largest absolute Gasteiger partial charge is 0.338 e. The van der Waals surface area contributed by atoms with Crippen molar-refractivity contribution in [1.29, 1.82) is 0 Å². The van der Waals surface area contributed by atoms with Crippen molar-refractivity contribution in [2.45, 2.75) is 11.3 Å². The van der Waals surface area contributed by atoms with Crippen LogP contribution >= 0.6 is 15.9 Å². The first kappa shape index (κ1) is 17.4. The second-order valence-corrected chi connectivity index (χ2v) is 8.40. The van der Waals surface area contributed by atoms with Gasteiger partial charge in [-0.2, -0.15) is 0 Å². The molecule has 1 aliphatic rings. The van der Waals surface area contributed by atoms with Gasteiger partial charge in [-0.05, 0) is 38.1 Å². The highest BCUT2D eigenvalue weighted by molar-refractivity contribution is 9.10. The maximum atomic E-state index is 14.4. The number of benzene rings is 1. The maximum Gasteiger partial charge on any atom is 0.256 e. The Morgan fingerprint density at radius 2 is 2.18 bits per heavy atom. The van der Waals surface area contributed by atoms with E-state index in [1.807, 2.05) is 7.05 Å². The van der Waals surface area contributed by atoms with Gasteiger partial charge in [-0.15, -0.1) is 0 Å². The van der Waals surface area contributed by atoms with Gasteiger partial charge in [0.1, 0.15) is 4.90 Å². The van der Waals surface area contributed by atoms with Crippen LogP contribution in [-0.2, 0) is 9.84 Å². The summed E-state index contributed by atoms with van der Waals surface area (Å²) in [6, 6.07) is 2.51. The summed E-state index contributed by atoms with van der Waals surface area (Å²) in [5.74, 6) is -1.12. The number of carbonyl (C=O) groups is 1. The van der Waals surface area contributed by atoms with Crippen molar-refractivity contribution in [1.82, 2.24) is 10.2 Å². The zero-order valence-electron chi connectivity index (χ0n) is 12.4. The van der Waals surface area contributed by atoms with Crippen LogP contribution in [0.1, 0.15) is 16.8 Å². The second kappa shape index (κ2) is 6.64. The molecule has 1 atom stereocenters. The van der Waals surface area contributed by atoms with E-state index in [-0.39, 0.29) is 5.56 Å². The zero-order valence-corrected chi connectivity index (χ0v) is 14.8. The number of rotatable bonds is 4. The van der Waals surface area contributed by atoms with Gasteiger partial charge in [0.2, 0.25) is 0 Å². The van der Waals surface area contributed by atoms with Crippen LogP contribution in [0.5, 0.6) is 0 Å². The summed E-state index contributed by atoms with van der Waals surface area (Å²) >= 11 is 3.14. The molecule has 1 saturated heterocycles. The van der Waals surface area contributed by atoms with Crippen LogP contribution in [-0.4, -0.2) is 52.2 Å². The third-order valence-electron chi connectivity index (χ3n) is 3.70. The molecular formula is C14H18BrFN2O3S. The number of nitrogens with zero attached hydrogens (tertiary/aromatic N) is 1. The SMILES string of the molecule is CNCC1CCN(C(=O)c2cc(Br)cc(S(C)(=O)=O)c2F)C1. The van der Waals surface area contributed by atoms with Crippen LogP contribution in [0.3, 0.4) is 0 Å². The molecule has 1 amide bonds. The van der Waals surface area contributed by atoms with E-state index in [0.717, 1.165) is 19.2 Å². The summed E-state index contributed by atoms with van der Waals surface area (Å²) in [5.41, 5.74) is -0.208. The predicted octanol–water partition coefficient (Wildman–Crippen LogP) is 1.67. The molecule has 0 bridgehead atoms. The van der Waals surface area contributed by atoms with E-state index in [1.165, 1.54) is 12.1 Å². The van der Waals surface area contributed by atoms with Gasteiger partial charge in [-0.1, -0.05) is 15.9 Å². The number of sulfone groups is 1. The molecule has 1 N–H and O–H groups in total. The van der Waals surface area contributed by atoms with E-state index in [9.17, 15) is 17.6 Å². The van der Waals surface area contributed by atoms with Gasteiger partial charge in [0.25, 0.3) is 5.91 Å². The standard InChI is InChI=1S/C14H18BrFN2O3S/c1-17-7-9-3-4-18(8-9)14(19)11-5-10(15)6-12(13(11)16)22(2,20)21/h5-6,9,17H,3-4,7-8H2,1-2H3. The number of hydrogen-bond acceptors (Lipinski definition) is 4. The minimum atomic E-state index is -3.74. The van der Waals surface area contributed by atoms with Crippen molar-refractivity contribution in [3.63, 3.8) is 0 Å². The average Bonchev–Trinajstić information content (AvgIpc) is 2.88. The maximum absolute atomic E-state index is 14.4. The van der Waals surface area contributed by atoms with Crippen molar-refractivity contribution in [3.8, 4) is 0 Å². The van der Waals surface area contributed by atoms with Gasteiger partial charge in [-0.3, -0.25) is 4.79 Å². The Morgan fingerprint density at radius 1 is 1.50 bits per heavy atom. The zero-order chi connectivity index (χ0) is 16.5. The molecule has 1 aliphatic heterocycles. The lowest BCUT2D eigenvalue weighted by Crippen LogP contribution is -2.31. The molecule has 2 rings (SSSR count). The number of nitrogens with one attached hydrogen (secondary N) is 1. The molecule has 1 unspecified atom stereocenters. The third kappa shape index (κ3) is 3.67. The quantitative estimate of drug-likeness (QED) is 0.846. The highest BCUT2D eigenvalue weighted by Gasteiger charge is 2.30. The molecule has 1 fully saturated rings. The van der Waals surface area contributed by atoms with Gasteiger partial charge in [0.15, 0.2) is 15.7 Å².